The van der Waals surface area contributed by atoms with E-state index in [0.717, 1.165) is 0 Å². The maximum absolute atomic E-state index is 5.03. The highest BCUT2D eigenvalue weighted by molar-refractivity contribution is 5.29. The van der Waals surface area contributed by atoms with Crippen molar-refractivity contribution in [2.45, 2.75) is 39.2 Å². The molecule has 0 saturated heterocycles. The third-order valence-electron chi connectivity index (χ3n) is 3.42. The number of rotatable bonds is 3. The van der Waals surface area contributed by atoms with E-state index in [0.29, 0.717) is 23.2 Å². The van der Waals surface area contributed by atoms with Crippen molar-refractivity contribution in [1.29, 1.82) is 0 Å². The first-order chi connectivity index (χ1) is 7.62. The molecule has 0 aliphatic heterocycles. The zero-order valence-corrected chi connectivity index (χ0v) is 10.2. The van der Waals surface area contributed by atoms with E-state index in [1.165, 1.54) is 19.3 Å². The Balaban J connectivity index is 2.03. The summed E-state index contributed by atoms with van der Waals surface area (Å²) < 4.78 is 5.03. The molecule has 1 heterocycles. The number of hydrogen-bond acceptors (Lipinski definition) is 4. The minimum atomic E-state index is 0.337. The molecule has 0 bridgehead atoms. The second-order valence-corrected chi connectivity index (χ2v) is 5.02. The van der Waals surface area contributed by atoms with Gasteiger partial charge < -0.3 is 10.1 Å². The third kappa shape index (κ3) is 2.26. The molecule has 16 heavy (non-hydrogen) atoms. The maximum atomic E-state index is 5.03. The summed E-state index contributed by atoms with van der Waals surface area (Å²) >= 11 is 0. The summed E-state index contributed by atoms with van der Waals surface area (Å²) in [6.07, 6.45) is 7.12. The lowest BCUT2D eigenvalue weighted by atomic mass is 9.87. The van der Waals surface area contributed by atoms with Gasteiger partial charge in [-0.2, -0.15) is 0 Å². The molecule has 1 unspecified atom stereocenters. The van der Waals surface area contributed by atoms with Gasteiger partial charge >= 0.3 is 0 Å². The second kappa shape index (κ2) is 4.28. The number of aromatic nitrogens is 2. The van der Waals surface area contributed by atoms with E-state index in [1.807, 2.05) is 0 Å². The average molecular weight is 221 g/mol. The predicted octanol–water partition coefficient (Wildman–Crippen LogP) is 2.48. The van der Waals surface area contributed by atoms with Crippen LogP contribution in [0.2, 0.25) is 0 Å². The van der Waals surface area contributed by atoms with E-state index in [1.54, 1.807) is 19.5 Å². The van der Waals surface area contributed by atoms with Gasteiger partial charge in [0.05, 0.1) is 19.5 Å². The Labute approximate surface area is 96.4 Å². The van der Waals surface area contributed by atoms with Crippen LogP contribution in [0.3, 0.4) is 0 Å². The van der Waals surface area contributed by atoms with E-state index >= 15 is 0 Å². The highest BCUT2D eigenvalue weighted by atomic mass is 16.5. The van der Waals surface area contributed by atoms with E-state index in [-0.39, 0.29) is 0 Å². The molecule has 1 aromatic heterocycles. The van der Waals surface area contributed by atoms with E-state index in [9.17, 15) is 0 Å². The number of hydrogen-bond donors (Lipinski definition) is 1. The van der Waals surface area contributed by atoms with Gasteiger partial charge in [-0.15, -0.1) is 0 Å². The van der Waals surface area contributed by atoms with Crippen LogP contribution in [-0.2, 0) is 0 Å². The van der Waals surface area contributed by atoms with Crippen LogP contribution in [0.1, 0.15) is 33.1 Å². The third-order valence-corrected chi connectivity index (χ3v) is 3.42. The highest BCUT2D eigenvalue weighted by Gasteiger charge is 2.34. The molecule has 0 amide bonds. The van der Waals surface area contributed by atoms with Gasteiger partial charge in [-0.25, -0.2) is 9.97 Å². The summed E-state index contributed by atoms with van der Waals surface area (Å²) in [5, 5.41) is 3.40. The lowest BCUT2D eigenvalue weighted by Crippen LogP contribution is -2.31. The van der Waals surface area contributed by atoms with Crippen molar-refractivity contribution in [2.75, 3.05) is 12.4 Å². The van der Waals surface area contributed by atoms with Crippen molar-refractivity contribution in [2.24, 2.45) is 5.41 Å². The van der Waals surface area contributed by atoms with Crippen molar-refractivity contribution >= 4 is 5.95 Å². The fraction of sp³-hybridized carbons (Fsp3) is 0.667. The minimum Gasteiger partial charge on any atom is -0.494 e. The molecular weight excluding hydrogens is 202 g/mol. The van der Waals surface area contributed by atoms with Crippen LogP contribution < -0.4 is 10.1 Å². The number of methoxy groups -OCH3 is 1. The number of nitrogens with zero attached hydrogens (tertiary/aromatic N) is 2. The zero-order chi connectivity index (χ0) is 11.6. The summed E-state index contributed by atoms with van der Waals surface area (Å²) in [4.78, 5) is 8.46. The van der Waals surface area contributed by atoms with Gasteiger partial charge in [0.15, 0.2) is 5.75 Å². The van der Waals surface area contributed by atoms with Crippen molar-refractivity contribution in [3.63, 3.8) is 0 Å². The van der Waals surface area contributed by atoms with Crippen LogP contribution in [0.15, 0.2) is 12.4 Å². The fourth-order valence-electron chi connectivity index (χ4n) is 2.25. The van der Waals surface area contributed by atoms with Crippen LogP contribution in [0.25, 0.3) is 0 Å². The van der Waals surface area contributed by atoms with Gasteiger partial charge in [0.1, 0.15) is 0 Å². The van der Waals surface area contributed by atoms with Crippen molar-refractivity contribution in [3.8, 4) is 5.75 Å². The number of anilines is 1. The standard InChI is InChI=1S/C12H19N3O/c1-12(2)6-4-5-10(12)15-11-13-7-9(16-3)8-14-11/h7-8,10H,4-6H2,1-3H3,(H,13,14,15). The molecule has 2 rings (SSSR count). The molecule has 0 spiro atoms. The Bertz CT molecular complexity index is 348. The first kappa shape index (κ1) is 11.2. The van der Waals surface area contributed by atoms with Gasteiger partial charge in [-0.05, 0) is 18.3 Å². The van der Waals surface area contributed by atoms with Gasteiger partial charge in [-0.3, -0.25) is 0 Å². The lowest BCUT2D eigenvalue weighted by Gasteiger charge is -2.27. The van der Waals surface area contributed by atoms with Crippen LogP contribution in [0.5, 0.6) is 5.75 Å². The molecule has 1 aliphatic carbocycles. The second-order valence-electron chi connectivity index (χ2n) is 5.02. The smallest absolute Gasteiger partial charge is 0.223 e. The largest absolute Gasteiger partial charge is 0.494 e. The van der Waals surface area contributed by atoms with Crippen molar-refractivity contribution < 1.29 is 4.74 Å². The average Bonchev–Trinajstić information content (AvgIpc) is 2.59. The molecule has 1 atom stereocenters. The van der Waals surface area contributed by atoms with Gasteiger partial charge in [0.2, 0.25) is 5.95 Å². The van der Waals surface area contributed by atoms with Crippen molar-refractivity contribution in [3.05, 3.63) is 12.4 Å². The first-order valence-electron chi connectivity index (χ1n) is 5.74. The lowest BCUT2D eigenvalue weighted by molar-refractivity contribution is 0.348. The molecule has 4 heteroatoms. The highest BCUT2D eigenvalue weighted by Crippen LogP contribution is 2.38. The van der Waals surface area contributed by atoms with Crippen molar-refractivity contribution in [1.82, 2.24) is 9.97 Å². The summed E-state index contributed by atoms with van der Waals surface area (Å²) in [7, 11) is 1.62. The Hall–Kier alpha value is -1.32. The Morgan fingerprint density at radius 2 is 2.06 bits per heavy atom. The van der Waals surface area contributed by atoms with Gasteiger partial charge in [-0.1, -0.05) is 20.3 Å². The summed E-state index contributed by atoms with van der Waals surface area (Å²) in [5.41, 5.74) is 0.337. The number of ether oxygens (including phenoxy) is 1. The Kier molecular flexibility index (Phi) is 2.99. The summed E-state index contributed by atoms with van der Waals surface area (Å²) in [6, 6.07) is 0.473. The normalized spacial score (nSPS) is 23.1. The molecule has 1 fully saturated rings. The van der Waals surface area contributed by atoms with E-state index < -0.39 is 0 Å². The summed E-state index contributed by atoms with van der Waals surface area (Å²) in [5.74, 6) is 1.39. The van der Waals surface area contributed by atoms with E-state index in [2.05, 4.69) is 29.1 Å². The maximum Gasteiger partial charge on any atom is 0.223 e. The van der Waals surface area contributed by atoms with Gasteiger partial charge in [0.25, 0.3) is 0 Å². The number of nitrogens with one attached hydrogen (secondary N) is 1. The molecule has 1 N–H and O–H groups in total. The van der Waals surface area contributed by atoms with Crippen LogP contribution in [0.4, 0.5) is 5.95 Å². The molecule has 0 radical (unpaired) electrons. The zero-order valence-electron chi connectivity index (χ0n) is 10.2. The summed E-state index contributed by atoms with van der Waals surface area (Å²) in [6.45, 7) is 4.59. The molecule has 1 aromatic rings. The quantitative estimate of drug-likeness (QED) is 0.851. The molecule has 4 nitrogen and oxygen atoms in total. The molecule has 1 saturated carbocycles. The van der Waals surface area contributed by atoms with Crippen LogP contribution in [-0.4, -0.2) is 23.1 Å². The van der Waals surface area contributed by atoms with E-state index in [4.69, 9.17) is 4.74 Å². The van der Waals surface area contributed by atoms with Crippen LogP contribution in [0, 0.1) is 5.41 Å². The molecule has 88 valence electrons. The molecular formula is C12H19N3O. The predicted molar refractivity (Wildman–Crippen MR) is 63.6 cm³/mol. The monoisotopic (exact) mass is 221 g/mol. The SMILES string of the molecule is COc1cnc(NC2CCCC2(C)C)nc1. The Morgan fingerprint density at radius 1 is 1.38 bits per heavy atom. The van der Waals surface area contributed by atoms with Crippen LogP contribution >= 0.6 is 0 Å². The fourth-order valence-corrected chi connectivity index (χ4v) is 2.25. The molecule has 1 aliphatic rings. The topological polar surface area (TPSA) is 47.0 Å². The molecule has 0 aromatic carbocycles. The first-order valence-corrected chi connectivity index (χ1v) is 5.74. The minimum absolute atomic E-state index is 0.337. The Morgan fingerprint density at radius 3 is 2.56 bits per heavy atom. The van der Waals surface area contributed by atoms with Gasteiger partial charge in [0, 0.05) is 6.04 Å².